The Morgan fingerprint density at radius 3 is 2.79 bits per heavy atom. The molecule has 2 rings (SSSR count). The van der Waals surface area contributed by atoms with Crippen molar-refractivity contribution in [2.24, 2.45) is 5.92 Å². The van der Waals surface area contributed by atoms with Crippen molar-refractivity contribution in [1.29, 1.82) is 0 Å². The van der Waals surface area contributed by atoms with Crippen LogP contribution in [0.2, 0.25) is 0 Å². The molecule has 0 aromatic heterocycles. The highest BCUT2D eigenvalue weighted by atomic mass is 16.6. The summed E-state index contributed by atoms with van der Waals surface area (Å²) in [6.07, 6.45) is 2.32. The van der Waals surface area contributed by atoms with Crippen LogP contribution in [0.5, 0.6) is 0 Å². The van der Waals surface area contributed by atoms with Crippen LogP contribution in [0.1, 0.15) is 19.8 Å². The summed E-state index contributed by atoms with van der Waals surface area (Å²) >= 11 is 0. The van der Waals surface area contributed by atoms with Gasteiger partial charge in [-0.25, -0.2) is 4.79 Å². The van der Waals surface area contributed by atoms with E-state index in [2.05, 4.69) is 5.32 Å². The maximum absolute atomic E-state index is 12.0. The molecule has 0 spiro atoms. The van der Waals surface area contributed by atoms with Crippen molar-refractivity contribution < 1.29 is 9.72 Å². The molecule has 0 heterocycles. The number of carbonyl (C=O) groups is 1. The molecule has 0 radical (unpaired) electrons. The number of benzene rings is 1. The zero-order valence-corrected chi connectivity index (χ0v) is 11.0. The lowest BCUT2D eigenvalue weighted by Crippen LogP contribution is -2.39. The standard InChI is InChI=1S/C13H17N3O3/c1-9(10-6-7-10)15(2)13(17)14-11-4-3-5-12(8-11)16(18)19/h3-5,8-10H,6-7H2,1-2H3,(H,14,17). The Morgan fingerprint density at radius 1 is 1.53 bits per heavy atom. The fourth-order valence-electron chi connectivity index (χ4n) is 1.99. The van der Waals surface area contributed by atoms with Crippen LogP contribution in [0.15, 0.2) is 24.3 Å². The van der Waals surface area contributed by atoms with Crippen LogP contribution in [0.4, 0.5) is 16.2 Å². The fraction of sp³-hybridized carbons (Fsp3) is 0.462. The van der Waals surface area contributed by atoms with Crippen LogP contribution in [0, 0.1) is 16.0 Å². The summed E-state index contributed by atoms with van der Waals surface area (Å²) in [5, 5.41) is 13.3. The molecule has 0 saturated heterocycles. The van der Waals surface area contributed by atoms with Gasteiger partial charge in [0.15, 0.2) is 0 Å². The lowest BCUT2D eigenvalue weighted by molar-refractivity contribution is -0.384. The predicted octanol–water partition coefficient (Wildman–Crippen LogP) is 2.86. The molecule has 1 saturated carbocycles. The summed E-state index contributed by atoms with van der Waals surface area (Å²) in [4.78, 5) is 23.8. The third-order valence-electron chi connectivity index (χ3n) is 3.54. The van der Waals surface area contributed by atoms with Gasteiger partial charge in [-0.2, -0.15) is 0 Å². The van der Waals surface area contributed by atoms with Gasteiger partial charge in [0.05, 0.1) is 4.92 Å². The summed E-state index contributed by atoms with van der Waals surface area (Å²) in [5.74, 6) is 0.584. The number of nitro benzene ring substituents is 1. The van der Waals surface area contributed by atoms with Crippen LogP contribution in [0.3, 0.4) is 0 Å². The molecule has 0 aliphatic heterocycles. The molecule has 1 aromatic rings. The summed E-state index contributed by atoms with van der Waals surface area (Å²) in [6.45, 7) is 2.02. The van der Waals surface area contributed by atoms with E-state index in [1.165, 1.54) is 12.1 Å². The Hall–Kier alpha value is -2.11. The maximum Gasteiger partial charge on any atom is 0.321 e. The highest BCUT2D eigenvalue weighted by molar-refractivity contribution is 5.89. The number of non-ortho nitro benzene ring substituents is 1. The molecule has 1 atom stereocenters. The molecule has 1 N–H and O–H groups in total. The van der Waals surface area contributed by atoms with Crippen molar-refractivity contribution in [3.63, 3.8) is 0 Å². The van der Waals surface area contributed by atoms with Gasteiger partial charge < -0.3 is 10.2 Å². The highest BCUT2D eigenvalue weighted by Gasteiger charge is 2.32. The van der Waals surface area contributed by atoms with Gasteiger partial charge >= 0.3 is 6.03 Å². The van der Waals surface area contributed by atoms with E-state index < -0.39 is 4.92 Å². The molecule has 19 heavy (non-hydrogen) atoms. The fourth-order valence-corrected chi connectivity index (χ4v) is 1.99. The Bertz CT molecular complexity index is 500. The van der Waals surface area contributed by atoms with E-state index in [1.807, 2.05) is 6.92 Å². The normalized spacial score (nSPS) is 15.7. The maximum atomic E-state index is 12.0. The third-order valence-corrected chi connectivity index (χ3v) is 3.54. The molecule has 1 aliphatic carbocycles. The van der Waals surface area contributed by atoms with Crippen LogP contribution < -0.4 is 5.32 Å². The van der Waals surface area contributed by atoms with Crippen LogP contribution >= 0.6 is 0 Å². The van der Waals surface area contributed by atoms with E-state index in [-0.39, 0.29) is 17.8 Å². The summed E-state index contributed by atoms with van der Waals surface area (Å²) < 4.78 is 0. The Morgan fingerprint density at radius 2 is 2.21 bits per heavy atom. The monoisotopic (exact) mass is 263 g/mol. The average molecular weight is 263 g/mol. The molecule has 1 aromatic carbocycles. The van der Waals surface area contributed by atoms with Crippen molar-refractivity contribution in [3.8, 4) is 0 Å². The van der Waals surface area contributed by atoms with E-state index in [1.54, 1.807) is 24.1 Å². The number of urea groups is 1. The van der Waals surface area contributed by atoms with Gasteiger partial charge in [0.2, 0.25) is 0 Å². The second-order valence-electron chi connectivity index (χ2n) is 4.93. The molecular weight excluding hydrogens is 246 g/mol. The number of nitrogens with one attached hydrogen (secondary N) is 1. The van der Waals surface area contributed by atoms with Gasteiger partial charge in [0, 0.05) is 30.9 Å². The van der Waals surface area contributed by atoms with Crippen molar-refractivity contribution in [1.82, 2.24) is 4.90 Å². The molecule has 1 fully saturated rings. The Labute approximate surface area is 111 Å². The quantitative estimate of drug-likeness (QED) is 0.670. The number of hydrogen-bond donors (Lipinski definition) is 1. The molecule has 1 aliphatic rings. The lowest BCUT2D eigenvalue weighted by Gasteiger charge is -2.25. The van der Waals surface area contributed by atoms with Gasteiger partial charge in [0.25, 0.3) is 5.69 Å². The number of nitrogens with zero attached hydrogens (tertiary/aromatic N) is 2. The zero-order chi connectivity index (χ0) is 14.0. The number of hydrogen-bond acceptors (Lipinski definition) is 3. The predicted molar refractivity (Wildman–Crippen MR) is 72.1 cm³/mol. The minimum Gasteiger partial charge on any atom is -0.325 e. The minimum absolute atomic E-state index is 0.0318. The lowest BCUT2D eigenvalue weighted by atomic mass is 10.2. The largest absolute Gasteiger partial charge is 0.325 e. The number of amides is 2. The first-order chi connectivity index (χ1) is 8.99. The van der Waals surface area contributed by atoms with Crippen LogP contribution in [-0.4, -0.2) is 28.9 Å². The Balaban J connectivity index is 2.01. The van der Waals surface area contributed by atoms with Gasteiger partial charge in [0.1, 0.15) is 0 Å². The topological polar surface area (TPSA) is 75.5 Å². The first-order valence-electron chi connectivity index (χ1n) is 6.27. The average Bonchev–Trinajstić information content (AvgIpc) is 3.21. The van der Waals surface area contributed by atoms with E-state index >= 15 is 0 Å². The van der Waals surface area contributed by atoms with Crippen molar-refractivity contribution >= 4 is 17.4 Å². The van der Waals surface area contributed by atoms with Crippen LogP contribution in [0.25, 0.3) is 0 Å². The van der Waals surface area contributed by atoms with Gasteiger partial charge in [-0.05, 0) is 31.7 Å². The minimum atomic E-state index is -0.480. The molecule has 1 unspecified atom stereocenters. The van der Waals surface area contributed by atoms with Crippen molar-refractivity contribution in [3.05, 3.63) is 34.4 Å². The van der Waals surface area contributed by atoms with E-state index in [0.29, 0.717) is 11.6 Å². The highest BCUT2D eigenvalue weighted by Crippen LogP contribution is 2.34. The summed E-state index contributed by atoms with van der Waals surface area (Å²) in [5.41, 5.74) is 0.407. The second kappa shape index (κ2) is 5.26. The SMILES string of the molecule is CC(C1CC1)N(C)C(=O)Nc1cccc([N+](=O)[O-])c1. The Kier molecular flexibility index (Phi) is 3.69. The second-order valence-corrected chi connectivity index (χ2v) is 4.93. The van der Waals surface area contributed by atoms with Crippen molar-refractivity contribution in [2.45, 2.75) is 25.8 Å². The molecular formula is C13H17N3O3. The molecule has 102 valence electrons. The van der Waals surface area contributed by atoms with E-state index in [0.717, 1.165) is 12.8 Å². The van der Waals surface area contributed by atoms with E-state index in [9.17, 15) is 14.9 Å². The molecule has 6 heteroatoms. The third kappa shape index (κ3) is 3.21. The summed E-state index contributed by atoms with van der Waals surface area (Å²) in [6, 6.07) is 5.90. The zero-order valence-electron chi connectivity index (χ0n) is 11.0. The number of anilines is 1. The smallest absolute Gasteiger partial charge is 0.321 e. The van der Waals surface area contributed by atoms with Gasteiger partial charge in [-0.15, -0.1) is 0 Å². The van der Waals surface area contributed by atoms with Gasteiger partial charge in [-0.3, -0.25) is 10.1 Å². The molecule has 2 amide bonds. The van der Waals surface area contributed by atoms with Gasteiger partial charge in [-0.1, -0.05) is 6.07 Å². The summed E-state index contributed by atoms with van der Waals surface area (Å²) in [7, 11) is 1.75. The number of carbonyl (C=O) groups excluding carboxylic acids is 1. The number of nitro groups is 1. The van der Waals surface area contributed by atoms with Crippen LogP contribution in [-0.2, 0) is 0 Å². The van der Waals surface area contributed by atoms with Crippen molar-refractivity contribution in [2.75, 3.05) is 12.4 Å². The molecule has 6 nitrogen and oxygen atoms in total. The van der Waals surface area contributed by atoms with E-state index in [4.69, 9.17) is 0 Å². The number of rotatable bonds is 4. The first kappa shape index (κ1) is 13.3. The first-order valence-corrected chi connectivity index (χ1v) is 6.27. The molecule has 0 bridgehead atoms.